The van der Waals surface area contributed by atoms with E-state index in [4.69, 9.17) is 9.47 Å². The molecule has 1 aromatic heterocycles. The minimum absolute atomic E-state index is 0. The number of nitrogens with zero attached hydrogens (tertiary/aromatic N) is 1. The minimum atomic E-state index is -0.568. The number of carbonyl (C=O) groups is 1. The number of rotatable bonds is 8. The number of carbonyl (C=O) groups excluding carboxylic acids is 1. The molecule has 0 unspecified atom stereocenters. The van der Waals surface area contributed by atoms with Crippen LogP contribution in [0.3, 0.4) is 0 Å². The van der Waals surface area contributed by atoms with Gasteiger partial charge >= 0.3 is 6.03 Å². The van der Waals surface area contributed by atoms with Gasteiger partial charge in [-0.1, -0.05) is 0 Å². The maximum Gasteiger partial charge on any atom is 0.317 e. The van der Waals surface area contributed by atoms with Crippen molar-refractivity contribution in [2.45, 2.75) is 25.4 Å². The molecule has 0 saturated carbocycles. The number of pyridine rings is 1. The van der Waals surface area contributed by atoms with Gasteiger partial charge in [0, 0.05) is 36.6 Å². The van der Waals surface area contributed by atoms with Gasteiger partial charge in [0.05, 0.1) is 19.3 Å². The highest BCUT2D eigenvalue weighted by atomic mass is 32.1. The number of aromatic nitrogens is 1. The van der Waals surface area contributed by atoms with Crippen molar-refractivity contribution in [3.05, 3.63) is 40.7 Å². The van der Waals surface area contributed by atoms with Crippen LogP contribution in [0.15, 0.2) is 35.1 Å². The number of hydrogen-bond donors (Lipinski definition) is 3. The normalized spacial score (nSPS) is 14.9. The molecule has 1 atom stereocenters. The van der Waals surface area contributed by atoms with Gasteiger partial charge in [0.1, 0.15) is 12.4 Å². The lowest BCUT2D eigenvalue weighted by molar-refractivity contribution is 0.0532. The molecular weight excluding hydrogens is 394 g/mol. The predicted octanol–water partition coefficient (Wildman–Crippen LogP) is 1.59. The van der Waals surface area contributed by atoms with Gasteiger partial charge in [0.25, 0.3) is 0 Å². The highest BCUT2D eigenvalue weighted by molar-refractivity contribution is 7.59. The zero-order valence-electron chi connectivity index (χ0n) is 16.4. The predicted molar refractivity (Wildman–Crippen MR) is 116 cm³/mol. The van der Waals surface area contributed by atoms with Crippen LogP contribution in [-0.4, -0.2) is 66.6 Å². The van der Waals surface area contributed by atoms with E-state index in [2.05, 4.69) is 10.3 Å². The Hall–Kier alpha value is -2.23. The van der Waals surface area contributed by atoms with Gasteiger partial charge in [-0.3, -0.25) is 4.79 Å². The number of morpholine rings is 1. The summed E-state index contributed by atoms with van der Waals surface area (Å²) >= 11 is 0. The van der Waals surface area contributed by atoms with E-state index in [-0.39, 0.29) is 31.7 Å². The minimum Gasteiger partial charge on any atom is -0.491 e. The summed E-state index contributed by atoms with van der Waals surface area (Å²) in [4.78, 5) is 27.7. The molecule has 9 heteroatoms. The van der Waals surface area contributed by atoms with Crippen LogP contribution in [-0.2, 0) is 4.74 Å². The van der Waals surface area contributed by atoms with Crippen molar-refractivity contribution in [3.63, 3.8) is 0 Å². The lowest BCUT2D eigenvalue weighted by Crippen LogP contribution is -2.46. The van der Waals surface area contributed by atoms with Crippen molar-refractivity contribution in [3.8, 4) is 5.75 Å². The van der Waals surface area contributed by atoms with Gasteiger partial charge in [-0.2, -0.15) is 13.5 Å². The van der Waals surface area contributed by atoms with Gasteiger partial charge in [0.2, 0.25) is 5.56 Å². The summed E-state index contributed by atoms with van der Waals surface area (Å²) in [6.07, 6.45) is 1.64. The Kier molecular flexibility index (Phi) is 9.30. The fourth-order valence-corrected chi connectivity index (χ4v) is 3.08. The molecule has 0 spiro atoms. The average molecular weight is 424 g/mol. The van der Waals surface area contributed by atoms with Crippen LogP contribution in [0.5, 0.6) is 5.75 Å². The largest absolute Gasteiger partial charge is 0.491 e. The van der Waals surface area contributed by atoms with Crippen molar-refractivity contribution in [2.24, 2.45) is 0 Å². The van der Waals surface area contributed by atoms with Gasteiger partial charge in [0.15, 0.2) is 0 Å². The zero-order valence-corrected chi connectivity index (χ0v) is 17.4. The van der Waals surface area contributed by atoms with E-state index in [1.807, 2.05) is 6.07 Å². The van der Waals surface area contributed by atoms with Gasteiger partial charge < -0.3 is 29.8 Å². The molecule has 29 heavy (non-hydrogen) atoms. The number of H-pyrrole nitrogens is 1. The monoisotopic (exact) mass is 423 g/mol. The SMILES string of the molecule is O=C(NCCCC[C@H](O)COc1ccc2[nH]c(=O)ccc2c1)N1CCOCC1.S. The Morgan fingerprint density at radius 2 is 2.03 bits per heavy atom. The molecule has 1 fully saturated rings. The summed E-state index contributed by atoms with van der Waals surface area (Å²) in [5.41, 5.74) is 0.609. The number of urea groups is 1. The van der Waals surface area contributed by atoms with Gasteiger partial charge in [-0.25, -0.2) is 4.79 Å². The summed E-state index contributed by atoms with van der Waals surface area (Å²) < 4.78 is 10.9. The standard InChI is InChI=1S/C20H27N3O5.H2S/c24-16(3-1-2-8-21-20(26)23-9-11-27-12-10-23)14-28-17-5-6-18-15(13-17)4-7-19(25)22-18;/h4-7,13,16,24H,1-3,8-12,14H2,(H,21,26)(H,22,25);1H2/t16-;/m0./s1. The van der Waals surface area contributed by atoms with Crippen LogP contribution in [0.1, 0.15) is 19.3 Å². The summed E-state index contributed by atoms with van der Waals surface area (Å²) in [5, 5.41) is 13.9. The second-order valence-electron chi connectivity index (χ2n) is 6.86. The van der Waals surface area contributed by atoms with E-state index in [9.17, 15) is 14.7 Å². The number of aliphatic hydroxyl groups is 1. The highest BCUT2D eigenvalue weighted by Crippen LogP contribution is 2.18. The fraction of sp³-hybridized carbons (Fsp3) is 0.500. The first-order valence-electron chi connectivity index (χ1n) is 9.66. The molecule has 0 aliphatic carbocycles. The highest BCUT2D eigenvalue weighted by Gasteiger charge is 2.15. The van der Waals surface area contributed by atoms with E-state index in [0.29, 0.717) is 45.0 Å². The van der Waals surface area contributed by atoms with Crippen LogP contribution in [0.4, 0.5) is 4.79 Å². The number of benzene rings is 1. The van der Waals surface area contributed by atoms with Crippen LogP contribution >= 0.6 is 13.5 Å². The molecule has 1 aromatic carbocycles. The molecule has 8 nitrogen and oxygen atoms in total. The van der Waals surface area contributed by atoms with E-state index >= 15 is 0 Å². The van der Waals surface area contributed by atoms with Gasteiger partial charge in [-0.05, 0) is 43.5 Å². The van der Waals surface area contributed by atoms with Crippen molar-refractivity contribution >= 4 is 30.4 Å². The molecule has 0 bridgehead atoms. The summed E-state index contributed by atoms with van der Waals surface area (Å²) in [7, 11) is 0. The number of unbranched alkanes of at least 4 members (excludes halogenated alkanes) is 1. The molecule has 160 valence electrons. The maximum absolute atomic E-state index is 11.9. The molecule has 3 N–H and O–H groups in total. The number of hydrogen-bond acceptors (Lipinski definition) is 5. The fourth-order valence-electron chi connectivity index (χ4n) is 3.08. The smallest absolute Gasteiger partial charge is 0.317 e. The molecular formula is C20H29N3O5S. The maximum atomic E-state index is 11.9. The third-order valence-corrected chi connectivity index (χ3v) is 4.68. The molecule has 0 radical (unpaired) electrons. The molecule has 1 aliphatic heterocycles. The number of nitrogens with one attached hydrogen (secondary N) is 2. The summed E-state index contributed by atoms with van der Waals surface area (Å²) in [6.45, 7) is 3.24. The third-order valence-electron chi connectivity index (χ3n) is 4.68. The zero-order chi connectivity index (χ0) is 19.8. The number of ether oxygens (including phenoxy) is 2. The first-order valence-corrected chi connectivity index (χ1v) is 9.66. The first-order chi connectivity index (χ1) is 13.6. The lowest BCUT2D eigenvalue weighted by atomic mass is 10.1. The van der Waals surface area contributed by atoms with Crippen LogP contribution in [0, 0.1) is 0 Å². The molecule has 2 aromatic rings. The Morgan fingerprint density at radius 1 is 1.24 bits per heavy atom. The number of aliphatic hydroxyl groups excluding tert-OH is 1. The average Bonchev–Trinajstić information content (AvgIpc) is 2.72. The third kappa shape index (κ3) is 7.26. The van der Waals surface area contributed by atoms with Crippen molar-refractivity contribution < 1.29 is 19.4 Å². The Bertz CT molecular complexity index is 838. The van der Waals surface area contributed by atoms with E-state index < -0.39 is 6.10 Å². The van der Waals surface area contributed by atoms with Gasteiger partial charge in [-0.15, -0.1) is 0 Å². The summed E-state index contributed by atoms with van der Waals surface area (Å²) in [6, 6.07) is 8.55. The van der Waals surface area contributed by atoms with Crippen LogP contribution < -0.4 is 15.6 Å². The molecule has 2 heterocycles. The Balaban J connectivity index is 0.00000300. The Labute approximate surface area is 176 Å². The molecule has 1 saturated heterocycles. The number of amides is 2. The molecule has 3 rings (SSSR count). The van der Waals surface area contributed by atoms with Crippen molar-refractivity contribution in [1.82, 2.24) is 15.2 Å². The number of aromatic amines is 1. The van der Waals surface area contributed by atoms with E-state index in [0.717, 1.165) is 23.7 Å². The van der Waals surface area contributed by atoms with Crippen LogP contribution in [0.2, 0.25) is 0 Å². The second-order valence-corrected chi connectivity index (χ2v) is 6.86. The topological polar surface area (TPSA) is 104 Å². The van der Waals surface area contributed by atoms with Crippen molar-refractivity contribution in [1.29, 1.82) is 0 Å². The van der Waals surface area contributed by atoms with E-state index in [1.165, 1.54) is 6.07 Å². The quantitative estimate of drug-likeness (QED) is 0.560. The van der Waals surface area contributed by atoms with Crippen molar-refractivity contribution in [2.75, 3.05) is 39.5 Å². The Morgan fingerprint density at radius 3 is 2.83 bits per heavy atom. The number of fused-ring (bicyclic) bond motifs is 1. The summed E-state index contributed by atoms with van der Waals surface area (Å²) in [5.74, 6) is 0.649. The first kappa shape index (κ1) is 23.1. The second kappa shape index (κ2) is 11.7. The van der Waals surface area contributed by atoms with Crippen LogP contribution in [0.25, 0.3) is 10.9 Å². The molecule has 2 amide bonds. The molecule has 1 aliphatic rings. The van der Waals surface area contributed by atoms with E-state index in [1.54, 1.807) is 23.1 Å². The lowest BCUT2D eigenvalue weighted by Gasteiger charge is -2.26.